The van der Waals surface area contributed by atoms with E-state index >= 15 is 0 Å². The van der Waals surface area contributed by atoms with Crippen LogP contribution in [0.2, 0.25) is 0 Å². The van der Waals surface area contributed by atoms with E-state index in [-0.39, 0.29) is 0 Å². The Labute approximate surface area is 120 Å². The molecule has 0 bridgehead atoms. The molecule has 19 heavy (non-hydrogen) atoms. The Bertz CT molecular complexity index is 244. The van der Waals surface area contributed by atoms with E-state index in [1.54, 1.807) is 0 Å². The van der Waals surface area contributed by atoms with Gasteiger partial charge >= 0.3 is 0 Å². The minimum atomic E-state index is 0.454. The molecule has 2 heteroatoms. The molecule has 0 heterocycles. The summed E-state index contributed by atoms with van der Waals surface area (Å²) in [5, 5.41) is 3.52. The van der Waals surface area contributed by atoms with E-state index in [1.165, 1.54) is 25.7 Å². The Morgan fingerprint density at radius 2 is 1.89 bits per heavy atom. The molecule has 0 radical (unpaired) electrons. The molecule has 1 N–H and O–H groups in total. The highest BCUT2D eigenvalue weighted by molar-refractivity contribution is 4.88. The van der Waals surface area contributed by atoms with Crippen LogP contribution in [0.3, 0.4) is 0 Å². The standard InChI is InChI=1S/C17H35NO/c1-13(2)12-19-10-9-14-11-15(17(3,4)5)7-8-16(14)18-6/h13-16,18H,7-12H2,1-6H3. The molecule has 1 fully saturated rings. The summed E-state index contributed by atoms with van der Waals surface area (Å²) in [6, 6.07) is 0.696. The minimum absolute atomic E-state index is 0.454. The summed E-state index contributed by atoms with van der Waals surface area (Å²) in [6.45, 7) is 13.4. The normalized spacial score (nSPS) is 28.9. The summed E-state index contributed by atoms with van der Waals surface area (Å²) in [5.41, 5.74) is 0.454. The van der Waals surface area contributed by atoms with Gasteiger partial charge in [-0.3, -0.25) is 0 Å². The molecule has 2 nitrogen and oxygen atoms in total. The van der Waals surface area contributed by atoms with Gasteiger partial charge in [0.1, 0.15) is 0 Å². The summed E-state index contributed by atoms with van der Waals surface area (Å²) in [6.07, 6.45) is 5.27. The van der Waals surface area contributed by atoms with Crippen LogP contribution in [0.5, 0.6) is 0 Å². The van der Waals surface area contributed by atoms with Crippen LogP contribution in [-0.2, 0) is 4.74 Å². The predicted octanol–water partition coefficient (Wildman–Crippen LogP) is 4.10. The Morgan fingerprint density at radius 3 is 2.42 bits per heavy atom. The minimum Gasteiger partial charge on any atom is -0.381 e. The van der Waals surface area contributed by atoms with E-state index < -0.39 is 0 Å². The van der Waals surface area contributed by atoms with Gasteiger partial charge in [-0.25, -0.2) is 0 Å². The second-order valence-corrected chi connectivity index (χ2v) is 7.79. The van der Waals surface area contributed by atoms with Crippen molar-refractivity contribution in [1.82, 2.24) is 5.32 Å². The fourth-order valence-electron chi connectivity index (χ4n) is 3.30. The molecule has 1 rings (SSSR count). The molecule has 1 aliphatic carbocycles. The number of ether oxygens (including phenoxy) is 1. The first-order chi connectivity index (χ1) is 8.84. The number of rotatable bonds is 6. The second kappa shape index (κ2) is 7.64. The number of nitrogens with one attached hydrogen (secondary N) is 1. The second-order valence-electron chi connectivity index (χ2n) is 7.79. The molecule has 114 valence electrons. The summed E-state index contributed by atoms with van der Waals surface area (Å²) in [5.74, 6) is 2.30. The van der Waals surface area contributed by atoms with E-state index in [4.69, 9.17) is 4.74 Å². The Hall–Kier alpha value is -0.0800. The maximum atomic E-state index is 5.78. The highest BCUT2D eigenvalue weighted by Gasteiger charge is 2.34. The van der Waals surface area contributed by atoms with Crippen LogP contribution in [0.25, 0.3) is 0 Å². The quantitative estimate of drug-likeness (QED) is 0.733. The van der Waals surface area contributed by atoms with Gasteiger partial charge in [-0.15, -0.1) is 0 Å². The fraction of sp³-hybridized carbons (Fsp3) is 1.00. The van der Waals surface area contributed by atoms with E-state index in [9.17, 15) is 0 Å². The van der Waals surface area contributed by atoms with Crippen LogP contribution in [0.4, 0.5) is 0 Å². The molecule has 0 aliphatic heterocycles. The Balaban J connectivity index is 2.42. The van der Waals surface area contributed by atoms with Crippen LogP contribution in [-0.4, -0.2) is 26.3 Å². The van der Waals surface area contributed by atoms with Crippen LogP contribution < -0.4 is 5.32 Å². The molecular formula is C17H35NO. The lowest BCUT2D eigenvalue weighted by atomic mass is 9.67. The molecule has 1 aliphatic rings. The van der Waals surface area contributed by atoms with Crippen molar-refractivity contribution in [3.63, 3.8) is 0 Å². The van der Waals surface area contributed by atoms with Crippen molar-refractivity contribution in [3.8, 4) is 0 Å². The number of hydrogen-bond donors (Lipinski definition) is 1. The van der Waals surface area contributed by atoms with Gasteiger partial charge < -0.3 is 10.1 Å². The lowest BCUT2D eigenvalue weighted by Gasteiger charge is -2.42. The zero-order valence-electron chi connectivity index (χ0n) is 14.0. The van der Waals surface area contributed by atoms with Crippen molar-refractivity contribution in [2.75, 3.05) is 20.3 Å². The molecule has 1 saturated carbocycles. The monoisotopic (exact) mass is 269 g/mol. The Kier molecular flexibility index (Phi) is 6.82. The third-order valence-corrected chi connectivity index (χ3v) is 4.66. The van der Waals surface area contributed by atoms with Crippen molar-refractivity contribution in [3.05, 3.63) is 0 Å². The molecule has 0 amide bonds. The van der Waals surface area contributed by atoms with Crippen molar-refractivity contribution in [2.45, 2.75) is 66.3 Å². The molecule has 0 aromatic heterocycles. The van der Waals surface area contributed by atoms with Crippen LogP contribution in [0.15, 0.2) is 0 Å². The summed E-state index contributed by atoms with van der Waals surface area (Å²) < 4.78 is 5.78. The van der Waals surface area contributed by atoms with Gasteiger partial charge in [0, 0.05) is 19.3 Å². The van der Waals surface area contributed by atoms with Crippen LogP contribution in [0, 0.1) is 23.2 Å². The summed E-state index contributed by atoms with van der Waals surface area (Å²) in [7, 11) is 2.12. The summed E-state index contributed by atoms with van der Waals surface area (Å²) in [4.78, 5) is 0. The zero-order chi connectivity index (χ0) is 14.5. The van der Waals surface area contributed by atoms with Crippen molar-refractivity contribution in [1.29, 1.82) is 0 Å². The van der Waals surface area contributed by atoms with E-state index in [2.05, 4.69) is 47.0 Å². The molecule has 0 aromatic carbocycles. The molecule has 0 aromatic rings. The SMILES string of the molecule is CNC1CCC(C(C)(C)C)CC1CCOCC(C)C. The largest absolute Gasteiger partial charge is 0.381 e. The van der Waals surface area contributed by atoms with Crippen LogP contribution >= 0.6 is 0 Å². The predicted molar refractivity (Wildman–Crippen MR) is 83.4 cm³/mol. The van der Waals surface area contributed by atoms with Gasteiger partial charge in [0.15, 0.2) is 0 Å². The van der Waals surface area contributed by atoms with E-state index in [0.717, 1.165) is 25.0 Å². The van der Waals surface area contributed by atoms with Gasteiger partial charge in [-0.1, -0.05) is 34.6 Å². The third kappa shape index (κ3) is 5.83. The highest BCUT2D eigenvalue weighted by Crippen LogP contribution is 2.41. The molecule has 0 spiro atoms. The molecule has 3 unspecified atom stereocenters. The fourth-order valence-corrected chi connectivity index (χ4v) is 3.30. The molecular weight excluding hydrogens is 234 g/mol. The van der Waals surface area contributed by atoms with Gasteiger partial charge in [0.2, 0.25) is 0 Å². The summed E-state index contributed by atoms with van der Waals surface area (Å²) >= 11 is 0. The van der Waals surface area contributed by atoms with Gasteiger partial charge in [0.25, 0.3) is 0 Å². The maximum absolute atomic E-state index is 5.78. The molecule has 0 saturated heterocycles. The average Bonchev–Trinajstić information content (AvgIpc) is 2.33. The van der Waals surface area contributed by atoms with E-state index in [0.29, 0.717) is 17.4 Å². The van der Waals surface area contributed by atoms with Crippen molar-refractivity contribution in [2.24, 2.45) is 23.2 Å². The van der Waals surface area contributed by atoms with Gasteiger partial charge in [-0.2, -0.15) is 0 Å². The van der Waals surface area contributed by atoms with Crippen LogP contribution in [0.1, 0.15) is 60.3 Å². The third-order valence-electron chi connectivity index (χ3n) is 4.66. The van der Waals surface area contributed by atoms with Gasteiger partial charge in [0.05, 0.1) is 0 Å². The smallest absolute Gasteiger partial charge is 0.0488 e. The van der Waals surface area contributed by atoms with Crippen molar-refractivity contribution >= 4 is 0 Å². The first-order valence-corrected chi connectivity index (χ1v) is 8.09. The maximum Gasteiger partial charge on any atom is 0.0488 e. The first kappa shape index (κ1) is 17.0. The highest BCUT2D eigenvalue weighted by atomic mass is 16.5. The Morgan fingerprint density at radius 1 is 1.21 bits per heavy atom. The van der Waals surface area contributed by atoms with Crippen molar-refractivity contribution < 1.29 is 4.74 Å². The van der Waals surface area contributed by atoms with E-state index in [1.807, 2.05) is 0 Å². The average molecular weight is 269 g/mol. The number of hydrogen-bond acceptors (Lipinski definition) is 2. The topological polar surface area (TPSA) is 21.3 Å². The zero-order valence-corrected chi connectivity index (χ0v) is 14.0. The first-order valence-electron chi connectivity index (χ1n) is 8.09. The molecule has 3 atom stereocenters. The lowest BCUT2D eigenvalue weighted by Crippen LogP contribution is -2.41. The lowest BCUT2D eigenvalue weighted by molar-refractivity contribution is 0.0641. The van der Waals surface area contributed by atoms with Gasteiger partial charge in [-0.05, 0) is 55.9 Å².